The SMILES string of the molecule is Br[C-]1CCC(Br)C1(Br)Br.[Fe+2].c1cc[cH-]c1. The van der Waals surface area contributed by atoms with Gasteiger partial charge in [0.25, 0.3) is 0 Å². The maximum atomic E-state index is 3.56. The monoisotopic (exact) mass is 502 g/mol. The van der Waals surface area contributed by atoms with Gasteiger partial charge in [-0.3, -0.25) is 0 Å². The molecule has 0 spiro atoms. The normalized spacial score (nSPS) is 23.9. The summed E-state index contributed by atoms with van der Waals surface area (Å²) < 4.78 is -0.0139. The largest absolute Gasteiger partial charge is 2.00 e. The topological polar surface area (TPSA) is 0 Å². The standard InChI is InChI=1S/C5H5Br4.C5H5.Fe/c6-3-1-2-4(7)5(3,8)9;1-2-4-5-3-1;/h3H,1-2H2;1-5H;/q2*-1;+2. The zero-order valence-electron chi connectivity index (χ0n) is 7.74. The van der Waals surface area contributed by atoms with E-state index in [4.69, 9.17) is 0 Å². The summed E-state index contributed by atoms with van der Waals surface area (Å²) in [4.78, 5) is 1.79. The van der Waals surface area contributed by atoms with Gasteiger partial charge in [0.2, 0.25) is 0 Å². The van der Waals surface area contributed by atoms with Gasteiger partial charge in [-0.2, -0.15) is 24.6 Å². The van der Waals surface area contributed by atoms with Gasteiger partial charge in [0.1, 0.15) is 0 Å². The first-order valence-electron chi connectivity index (χ1n) is 4.25. The van der Waals surface area contributed by atoms with Crippen LogP contribution in [0.4, 0.5) is 0 Å². The van der Waals surface area contributed by atoms with Crippen LogP contribution in [-0.2, 0) is 17.1 Å². The number of halogens is 4. The molecule has 86 valence electrons. The van der Waals surface area contributed by atoms with Crippen molar-refractivity contribution in [3.63, 3.8) is 0 Å². The Hall–Kier alpha value is 1.79. The van der Waals surface area contributed by atoms with Crippen molar-refractivity contribution in [3.8, 4) is 0 Å². The van der Waals surface area contributed by atoms with Crippen molar-refractivity contribution in [1.82, 2.24) is 0 Å². The molecular weight excluding hydrogens is 496 g/mol. The average molecular weight is 506 g/mol. The fourth-order valence-corrected chi connectivity index (χ4v) is 3.26. The fraction of sp³-hybridized carbons (Fsp3) is 0.400. The number of alkyl halides is 3. The summed E-state index contributed by atoms with van der Waals surface area (Å²) in [7, 11) is 0. The van der Waals surface area contributed by atoms with E-state index in [2.05, 4.69) is 63.7 Å². The summed E-state index contributed by atoms with van der Waals surface area (Å²) in [6.07, 6.45) is 2.31. The molecule has 0 N–H and O–H groups in total. The summed E-state index contributed by atoms with van der Waals surface area (Å²) in [5.74, 6) is 0. The first-order chi connectivity index (χ1) is 6.55. The van der Waals surface area contributed by atoms with Crippen LogP contribution in [-0.4, -0.2) is 8.06 Å². The maximum absolute atomic E-state index is 3.56. The van der Waals surface area contributed by atoms with Crippen molar-refractivity contribution in [3.05, 3.63) is 35.2 Å². The van der Waals surface area contributed by atoms with E-state index in [1.807, 2.05) is 30.3 Å². The minimum Gasteiger partial charge on any atom is -0.315 e. The Kier molecular flexibility index (Phi) is 8.94. The van der Waals surface area contributed by atoms with Crippen molar-refractivity contribution < 1.29 is 17.1 Å². The molecule has 1 atom stereocenters. The zero-order chi connectivity index (χ0) is 10.6. The van der Waals surface area contributed by atoms with Gasteiger partial charge in [0, 0.05) is 4.83 Å². The molecule has 1 unspecified atom stereocenters. The van der Waals surface area contributed by atoms with Crippen LogP contribution in [0.5, 0.6) is 0 Å². The summed E-state index contributed by atoms with van der Waals surface area (Å²) in [5, 5.41) is 0. The third-order valence-electron chi connectivity index (χ3n) is 1.93. The van der Waals surface area contributed by atoms with Gasteiger partial charge in [-0.05, 0) is 3.23 Å². The van der Waals surface area contributed by atoms with E-state index >= 15 is 0 Å². The van der Waals surface area contributed by atoms with Crippen LogP contribution in [0.25, 0.3) is 0 Å². The van der Waals surface area contributed by atoms with Gasteiger partial charge in [-0.1, -0.05) is 22.4 Å². The van der Waals surface area contributed by atoms with Crippen molar-refractivity contribution in [2.24, 2.45) is 0 Å². The summed E-state index contributed by atoms with van der Waals surface area (Å²) >= 11 is 14.2. The number of hydrogen-bond donors (Lipinski definition) is 0. The van der Waals surface area contributed by atoms with Crippen LogP contribution in [0.3, 0.4) is 0 Å². The molecule has 2 rings (SSSR count). The Bertz CT molecular complexity index is 219. The third kappa shape index (κ3) is 5.31. The molecule has 0 aromatic heterocycles. The molecule has 5 heteroatoms. The molecule has 0 saturated heterocycles. The summed E-state index contributed by atoms with van der Waals surface area (Å²) in [6.45, 7) is 0. The van der Waals surface area contributed by atoms with E-state index < -0.39 is 0 Å². The molecule has 1 saturated carbocycles. The van der Waals surface area contributed by atoms with Gasteiger partial charge < -0.3 is 15.9 Å². The molecule has 0 nitrogen and oxygen atoms in total. The van der Waals surface area contributed by atoms with Crippen LogP contribution in [0, 0.1) is 4.83 Å². The van der Waals surface area contributed by atoms with Crippen LogP contribution >= 0.6 is 63.7 Å². The molecule has 1 aromatic carbocycles. The van der Waals surface area contributed by atoms with Gasteiger partial charge in [-0.15, -0.1) is 31.9 Å². The molecule has 0 amide bonds. The Labute approximate surface area is 135 Å². The Balaban J connectivity index is 0.000000280. The molecule has 0 bridgehead atoms. The molecule has 0 aliphatic heterocycles. The Morgan fingerprint density at radius 3 is 1.93 bits per heavy atom. The second-order valence-electron chi connectivity index (χ2n) is 3.00. The maximum Gasteiger partial charge on any atom is 2.00 e. The molecule has 1 aliphatic rings. The van der Waals surface area contributed by atoms with E-state index in [9.17, 15) is 0 Å². The van der Waals surface area contributed by atoms with E-state index in [-0.39, 0.29) is 20.3 Å². The smallest absolute Gasteiger partial charge is 0.315 e. The van der Waals surface area contributed by atoms with E-state index in [0.717, 1.165) is 6.42 Å². The minimum absolute atomic E-state index is 0. The third-order valence-corrected chi connectivity index (χ3v) is 8.45. The quantitative estimate of drug-likeness (QED) is 0.253. The van der Waals surface area contributed by atoms with Gasteiger partial charge >= 0.3 is 17.1 Å². The zero-order valence-corrected chi connectivity index (χ0v) is 15.2. The van der Waals surface area contributed by atoms with Crippen molar-refractivity contribution >= 4 is 63.7 Å². The predicted molar refractivity (Wildman–Crippen MR) is 76.7 cm³/mol. The molecule has 1 aromatic rings. The fourth-order valence-electron chi connectivity index (χ4n) is 1.09. The van der Waals surface area contributed by atoms with Gasteiger partial charge in [0.05, 0.1) is 0 Å². The second-order valence-corrected chi connectivity index (χ2v) is 8.62. The molecule has 0 radical (unpaired) electrons. The van der Waals surface area contributed by atoms with Crippen LogP contribution in [0.15, 0.2) is 30.3 Å². The van der Waals surface area contributed by atoms with Crippen molar-refractivity contribution in [1.29, 1.82) is 0 Å². The first-order valence-corrected chi connectivity index (χ1v) is 7.55. The average Bonchev–Trinajstić information content (AvgIpc) is 2.75. The minimum atomic E-state index is -0.0139. The molecular formula is C10H10Br4Fe. The van der Waals surface area contributed by atoms with E-state index in [0.29, 0.717) is 4.83 Å². The van der Waals surface area contributed by atoms with Crippen LogP contribution in [0.2, 0.25) is 0 Å². The van der Waals surface area contributed by atoms with E-state index in [1.165, 1.54) is 11.2 Å². The number of hydrogen-bond acceptors (Lipinski definition) is 0. The van der Waals surface area contributed by atoms with Gasteiger partial charge in [-0.25, -0.2) is 17.0 Å². The molecule has 1 aliphatic carbocycles. The molecule has 15 heavy (non-hydrogen) atoms. The number of rotatable bonds is 0. The van der Waals surface area contributed by atoms with E-state index in [1.54, 1.807) is 0 Å². The van der Waals surface area contributed by atoms with Crippen molar-refractivity contribution in [2.45, 2.75) is 20.9 Å². The van der Waals surface area contributed by atoms with Crippen LogP contribution < -0.4 is 0 Å². The summed E-state index contributed by atoms with van der Waals surface area (Å²) in [5.41, 5.74) is 0. The predicted octanol–water partition coefficient (Wildman–Crippen LogP) is 5.36. The summed E-state index contributed by atoms with van der Waals surface area (Å²) in [6, 6.07) is 10.0. The second kappa shape index (κ2) is 7.99. The van der Waals surface area contributed by atoms with Crippen LogP contribution in [0.1, 0.15) is 12.8 Å². The van der Waals surface area contributed by atoms with Gasteiger partial charge in [0.15, 0.2) is 0 Å². The first kappa shape index (κ1) is 16.8. The molecule has 1 fully saturated rings. The Morgan fingerprint density at radius 2 is 1.80 bits per heavy atom. The Morgan fingerprint density at radius 1 is 1.27 bits per heavy atom. The molecule has 0 heterocycles. The van der Waals surface area contributed by atoms with Crippen molar-refractivity contribution in [2.75, 3.05) is 0 Å².